The quantitative estimate of drug-likeness (QED) is 0.343. The molecule has 8 heteroatoms. The van der Waals surface area contributed by atoms with E-state index in [1.165, 1.54) is 6.92 Å². The Labute approximate surface area is 205 Å². The molecule has 4 aromatic rings. The van der Waals surface area contributed by atoms with Gasteiger partial charge in [0, 0.05) is 35.2 Å². The maximum absolute atomic E-state index is 15.7. The Hall–Kier alpha value is -3.65. The monoisotopic (exact) mass is 495 g/mol. The van der Waals surface area contributed by atoms with E-state index >= 15 is 4.39 Å². The number of aliphatic carboxylic acids is 1. The molecule has 2 heterocycles. The Morgan fingerprint density at radius 2 is 1.89 bits per heavy atom. The van der Waals surface area contributed by atoms with Crippen molar-refractivity contribution in [3.8, 4) is 16.9 Å². The average Bonchev–Trinajstić information content (AvgIpc) is 2.80. The van der Waals surface area contributed by atoms with Crippen LogP contribution in [0.2, 0.25) is 0 Å². The van der Waals surface area contributed by atoms with Gasteiger partial charge in [0.1, 0.15) is 23.2 Å². The van der Waals surface area contributed by atoms with Crippen molar-refractivity contribution >= 4 is 27.6 Å². The lowest BCUT2D eigenvalue weighted by Gasteiger charge is -2.29. The molecule has 0 amide bonds. The van der Waals surface area contributed by atoms with Crippen LogP contribution < -0.4 is 4.74 Å². The fraction of sp³-hybridized carbons (Fsp3) is 0.286. The second-order valence-corrected chi connectivity index (χ2v) is 9.89. The number of ether oxygens (including phenoxy) is 2. The normalized spacial score (nSPS) is 14.2. The van der Waals surface area contributed by atoms with Gasteiger partial charge in [-0.05, 0) is 74.0 Å². The van der Waals surface area contributed by atoms with Crippen LogP contribution in [0.5, 0.6) is 5.75 Å². The molecule has 3 aromatic carbocycles. The summed E-state index contributed by atoms with van der Waals surface area (Å²) < 4.78 is 56.9. The van der Waals surface area contributed by atoms with Crippen molar-refractivity contribution in [3.63, 3.8) is 0 Å². The van der Waals surface area contributed by atoms with Gasteiger partial charge in [-0.25, -0.2) is 18.0 Å². The van der Waals surface area contributed by atoms with Crippen molar-refractivity contribution in [2.45, 2.75) is 45.8 Å². The van der Waals surface area contributed by atoms with Crippen LogP contribution in [0, 0.1) is 24.4 Å². The van der Waals surface area contributed by atoms with Crippen LogP contribution in [0.4, 0.5) is 13.2 Å². The predicted molar refractivity (Wildman–Crippen MR) is 130 cm³/mol. The summed E-state index contributed by atoms with van der Waals surface area (Å²) in [6.45, 7) is 6.90. The van der Waals surface area contributed by atoms with Crippen molar-refractivity contribution in [1.29, 1.82) is 0 Å². The van der Waals surface area contributed by atoms with E-state index in [0.29, 0.717) is 35.9 Å². The zero-order valence-corrected chi connectivity index (χ0v) is 20.2. The highest BCUT2D eigenvalue weighted by molar-refractivity contribution is 6.09. The van der Waals surface area contributed by atoms with Gasteiger partial charge in [-0.15, -0.1) is 0 Å². The largest absolute Gasteiger partial charge is 0.493 e. The number of nitrogens with zero attached hydrogens (tertiary/aromatic N) is 1. The molecule has 36 heavy (non-hydrogen) atoms. The van der Waals surface area contributed by atoms with Crippen molar-refractivity contribution in [1.82, 2.24) is 4.98 Å². The molecule has 1 N–H and O–H groups in total. The molecule has 5 rings (SSSR count). The van der Waals surface area contributed by atoms with Gasteiger partial charge in [0.2, 0.25) is 0 Å². The van der Waals surface area contributed by atoms with Crippen LogP contribution in [-0.4, -0.2) is 28.3 Å². The number of rotatable bonds is 4. The van der Waals surface area contributed by atoms with Crippen LogP contribution >= 0.6 is 0 Å². The number of carbonyl (C=O) groups is 1. The Kier molecular flexibility index (Phi) is 5.67. The molecule has 1 unspecified atom stereocenters. The lowest BCUT2D eigenvalue weighted by atomic mass is 9.85. The smallest absolute Gasteiger partial charge is 0.337 e. The molecule has 0 bridgehead atoms. The summed E-state index contributed by atoms with van der Waals surface area (Å²) in [4.78, 5) is 17.0. The van der Waals surface area contributed by atoms with Gasteiger partial charge in [0.05, 0.1) is 23.1 Å². The van der Waals surface area contributed by atoms with Crippen molar-refractivity contribution in [3.05, 3.63) is 70.7 Å². The number of benzene rings is 3. The van der Waals surface area contributed by atoms with Crippen LogP contribution in [0.1, 0.15) is 43.6 Å². The number of hydrogen-bond donors (Lipinski definition) is 1. The van der Waals surface area contributed by atoms with Gasteiger partial charge in [-0.2, -0.15) is 0 Å². The number of pyridine rings is 1. The molecule has 1 aliphatic rings. The van der Waals surface area contributed by atoms with E-state index in [9.17, 15) is 18.7 Å². The minimum absolute atomic E-state index is 0.0216. The SMILES string of the molecule is Cc1c(C(OC(C)(C)C)C(=O)O)c(-c2ccc3c4c(ccnc24)CCO3)c2cc(F)cc(F)c2c1F. The molecule has 0 spiro atoms. The molecule has 5 nitrogen and oxygen atoms in total. The molecule has 1 aliphatic heterocycles. The predicted octanol–water partition coefficient (Wildman–Crippen LogP) is 6.66. The number of aromatic nitrogens is 1. The Morgan fingerprint density at radius 3 is 2.58 bits per heavy atom. The Balaban J connectivity index is 1.99. The minimum atomic E-state index is -1.62. The van der Waals surface area contributed by atoms with Crippen LogP contribution in [-0.2, 0) is 16.0 Å². The summed E-state index contributed by atoms with van der Waals surface area (Å²) in [6.07, 6.45) is 0.641. The van der Waals surface area contributed by atoms with E-state index in [-0.39, 0.29) is 22.1 Å². The van der Waals surface area contributed by atoms with Crippen LogP contribution in [0.25, 0.3) is 32.8 Å². The van der Waals surface area contributed by atoms with E-state index in [0.717, 1.165) is 17.0 Å². The first-order valence-corrected chi connectivity index (χ1v) is 11.5. The zero-order chi connectivity index (χ0) is 25.9. The van der Waals surface area contributed by atoms with Crippen molar-refractivity contribution in [2.75, 3.05) is 6.61 Å². The van der Waals surface area contributed by atoms with Crippen molar-refractivity contribution in [2.24, 2.45) is 0 Å². The van der Waals surface area contributed by atoms with Gasteiger partial charge in [-0.3, -0.25) is 4.98 Å². The third-order valence-corrected chi connectivity index (χ3v) is 6.34. The third kappa shape index (κ3) is 3.86. The highest BCUT2D eigenvalue weighted by Crippen LogP contribution is 2.46. The number of fused-ring (bicyclic) bond motifs is 1. The van der Waals surface area contributed by atoms with Gasteiger partial charge >= 0.3 is 5.97 Å². The highest BCUT2D eigenvalue weighted by Gasteiger charge is 2.35. The summed E-state index contributed by atoms with van der Waals surface area (Å²) >= 11 is 0. The third-order valence-electron chi connectivity index (χ3n) is 6.34. The molecule has 0 fully saturated rings. The molecule has 1 aromatic heterocycles. The zero-order valence-electron chi connectivity index (χ0n) is 20.2. The maximum Gasteiger partial charge on any atom is 0.337 e. The molecular weight excluding hydrogens is 471 g/mol. The summed E-state index contributed by atoms with van der Waals surface area (Å²) in [6, 6.07) is 6.87. The lowest BCUT2D eigenvalue weighted by Crippen LogP contribution is -2.28. The van der Waals surface area contributed by atoms with E-state index < -0.39 is 40.5 Å². The fourth-order valence-corrected chi connectivity index (χ4v) is 4.94. The van der Waals surface area contributed by atoms with Gasteiger partial charge in [0.15, 0.2) is 6.10 Å². The topological polar surface area (TPSA) is 68.7 Å². The summed E-state index contributed by atoms with van der Waals surface area (Å²) in [7, 11) is 0. The maximum atomic E-state index is 15.7. The van der Waals surface area contributed by atoms with Gasteiger partial charge < -0.3 is 14.6 Å². The first-order chi connectivity index (χ1) is 17.0. The van der Waals surface area contributed by atoms with Gasteiger partial charge in [-0.1, -0.05) is 0 Å². The molecular formula is C28H24F3NO4. The summed E-state index contributed by atoms with van der Waals surface area (Å²) in [5.74, 6) is -3.72. The molecule has 0 aliphatic carbocycles. The number of hydrogen-bond acceptors (Lipinski definition) is 4. The molecule has 0 saturated heterocycles. The fourth-order valence-electron chi connectivity index (χ4n) is 4.94. The average molecular weight is 495 g/mol. The Morgan fingerprint density at radius 1 is 1.14 bits per heavy atom. The first kappa shape index (κ1) is 24.1. The number of carboxylic acid groups (broad SMARTS) is 1. The lowest BCUT2D eigenvalue weighted by molar-refractivity contribution is -0.160. The molecule has 0 radical (unpaired) electrons. The van der Waals surface area contributed by atoms with E-state index in [2.05, 4.69) is 4.98 Å². The summed E-state index contributed by atoms with van der Waals surface area (Å²) in [5.41, 5.74) is 0.952. The van der Waals surface area contributed by atoms with E-state index in [1.807, 2.05) is 6.07 Å². The first-order valence-electron chi connectivity index (χ1n) is 11.5. The van der Waals surface area contributed by atoms with Gasteiger partial charge in [0.25, 0.3) is 0 Å². The second-order valence-electron chi connectivity index (χ2n) is 9.89. The van der Waals surface area contributed by atoms with Crippen LogP contribution in [0.15, 0.2) is 36.5 Å². The van der Waals surface area contributed by atoms with Crippen molar-refractivity contribution < 1.29 is 32.5 Å². The van der Waals surface area contributed by atoms with E-state index in [1.54, 1.807) is 39.1 Å². The molecule has 1 atom stereocenters. The molecule has 0 saturated carbocycles. The number of halogens is 3. The minimum Gasteiger partial charge on any atom is -0.493 e. The standard InChI is InChI=1S/C28H24F3NO4/c1-13-20(26(27(33)34)36-28(2,3)4)22(17-11-15(29)12-18(30)23(17)24(13)31)16-5-6-19-21-14(8-10-35-19)7-9-32-25(16)21/h5-7,9,11-12,26H,8,10H2,1-4H3,(H,33,34). The highest BCUT2D eigenvalue weighted by atomic mass is 19.1. The van der Waals surface area contributed by atoms with Crippen LogP contribution in [0.3, 0.4) is 0 Å². The summed E-state index contributed by atoms with van der Waals surface area (Å²) in [5, 5.41) is 10.4. The second kappa shape index (κ2) is 8.48. The molecule has 186 valence electrons. The van der Waals surface area contributed by atoms with E-state index in [4.69, 9.17) is 9.47 Å². The number of carboxylic acids is 1. The Bertz CT molecular complexity index is 1550.